The smallest absolute Gasteiger partial charge is 0.0947 e. The summed E-state index contributed by atoms with van der Waals surface area (Å²) in [6.07, 6.45) is 6.73. The molecule has 96 valence electrons. The Labute approximate surface area is 103 Å². The summed E-state index contributed by atoms with van der Waals surface area (Å²) >= 11 is 0. The molecule has 0 aliphatic carbocycles. The molecule has 0 saturated carbocycles. The van der Waals surface area contributed by atoms with Crippen molar-refractivity contribution in [2.75, 3.05) is 26.8 Å². The van der Waals surface area contributed by atoms with Crippen molar-refractivity contribution in [3.8, 4) is 0 Å². The van der Waals surface area contributed by atoms with E-state index in [1.165, 1.54) is 5.56 Å². The maximum atomic E-state index is 6.02. The SMILES string of the molecule is CN(Cc1ccoc1)C1(CN)CCCOCC1. The quantitative estimate of drug-likeness (QED) is 0.866. The number of nitrogens with two attached hydrogens (primary N) is 1. The van der Waals surface area contributed by atoms with Crippen molar-refractivity contribution in [3.63, 3.8) is 0 Å². The highest BCUT2D eigenvalue weighted by Gasteiger charge is 2.33. The fraction of sp³-hybridized carbons (Fsp3) is 0.692. The van der Waals surface area contributed by atoms with Crippen LogP contribution in [-0.4, -0.2) is 37.2 Å². The molecule has 1 unspecified atom stereocenters. The summed E-state index contributed by atoms with van der Waals surface area (Å²) in [4.78, 5) is 2.35. The Bertz CT molecular complexity index is 316. The van der Waals surface area contributed by atoms with Crippen molar-refractivity contribution < 1.29 is 9.15 Å². The molecule has 1 atom stereocenters. The lowest BCUT2D eigenvalue weighted by Gasteiger charge is -2.40. The number of ether oxygens (including phenoxy) is 1. The molecule has 2 rings (SSSR count). The Morgan fingerprint density at radius 3 is 3.00 bits per heavy atom. The van der Waals surface area contributed by atoms with Gasteiger partial charge in [-0.3, -0.25) is 4.90 Å². The van der Waals surface area contributed by atoms with Crippen LogP contribution in [-0.2, 0) is 11.3 Å². The van der Waals surface area contributed by atoms with Gasteiger partial charge in [0.05, 0.1) is 12.5 Å². The Morgan fingerprint density at radius 2 is 2.29 bits per heavy atom. The zero-order valence-corrected chi connectivity index (χ0v) is 10.5. The molecule has 1 aliphatic heterocycles. The largest absolute Gasteiger partial charge is 0.472 e. The van der Waals surface area contributed by atoms with Gasteiger partial charge in [0.25, 0.3) is 0 Å². The van der Waals surface area contributed by atoms with Crippen molar-refractivity contribution in [1.29, 1.82) is 0 Å². The maximum Gasteiger partial charge on any atom is 0.0947 e. The zero-order chi connectivity index (χ0) is 12.1. The average molecular weight is 238 g/mol. The Balaban J connectivity index is 2.04. The lowest BCUT2D eigenvalue weighted by molar-refractivity contribution is 0.0834. The third-order valence-electron chi connectivity index (χ3n) is 3.83. The van der Waals surface area contributed by atoms with Crippen LogP contribution in [0.1, 0.15) is 24.8 Å². The van der Waals surface area contributed by atoms with Crippen molar-refractivity contribution in [3.05, 3.63) is 24.2 Å². The van der Waals surface area contributed by atoms with Gasteiger partial charge in [-0.2, -0.15) is 0 Å². The molecule has 0 amide bonds. The van der Waals surface area contributed by atoms with Crippen LogP contribution in [0.3, 0.4) is 0 Å². The van der Waals surface area contributed by atoms with E-state index in [1.807, 2.05) is 6.07 Å². The summed E-state index contributed by atoms with van der Waals surface area (Å²) in [5, 5.41) is 0. The minimum Gasteiger partial charge on any atom is -0.472 e. The van der Waals surface area contributed by atoms with Crippen LogP contribution in [0.5, 0.6) is 0 Å². The minimum atomic E-state index is 0.0772. The van der Waals surface area contributed by atoms with E-state index in [4.69, 9.17) is 14.9 Å². The monoisotopic (exact) mass is 238 g/mol. The Hall–Kier alpha value is -0.840. The average Bonchev–Trinajstić information content (AvgIpc) is 2.72. The van der Waals surface area contributed by atoms with Gasteiger partial charge in [0.1, 0.15) is 0 Å². The van der Waals surface area contributed by atoms with Crippen LogP contribution in [0.15, 0.2) is 23.0 Å². The number of likely N-dealkylation sites (N-methyl/N-ethyl adjacent to an activating group) is 1. The van der Waals surface area contributed by atoms with E-state index in [2.05, 4.69) is 11.9 Å². The van der Waals surface area contributed by atoms with Gasteiger partial charge in [0, 0.05) is 37.4 Å². The zero-order valence-electron chi connectivity index (χ0n) is 10.5. The highest BCUT2D eigenvalue weighted by atomic mass is 16.5. The van der Waals surface area contributed by atoms with Crippen LogP contribution in [0.4, 0.5) is 0 Å². The normalized spacial score (nSPS) is 26.1. The van der Waals surface area contributed by atoms with E-state index in [0.717, 1.165) is 39.0 Å². The van der Waals surface area contributed by atoms with Gasteiger partial charge >= 0.3 is 0 Å². The van der Waals surface area contributed by atoms with Crippen LogP contribution < -0.4 is 5.73 Å². The summed E-state index contributed by atoms with van der Waals surface area (Å²) < 4.78 is 10.6. The molecule has 17 heavy (non-hydrogen) atoms. The van der Waals surface area contributed by atoms with Crippen molar-refractivity contribution in [2.24, 2.45) is 5.73 Å². The number of nitrogens with zero attached hydrogens (tertiary/aromatic N) is 1. The summed E-state index contributed by atoms with van der Waals surface area (Å²) in [5.74, 6) is 0. The molecule has 0 aromatic carbocycles. The van der Waals surface area contributed by atoms with Gasteiger partial charge < -0.3 is 14.9 Å². The van der Waals surface area contributed by atoms with E-state index < -0.39 is 0 Å². The van der Waals surface area contributed by atoms with Crippen LogP contribution >= 0.6 is 0 Å². The maximum absolute atomic E-state index is 6.02. The van der Waals surface area contributed by atoms with Crippen LogP contribution in [0, 0.1) is 0 Å². The van der Waals surface area contributed by atoms with Crippen molar-refractivity contribution >= 4 is 0 Å². The predicted molar refractivity (Wildman–Crippen MR) is 66.6 cm³/mol. The molecule has 1 fully saturated rings. The standard InChI is InChI=1S/C13H22N2O2/c1-15(9-12-3-7-17-10-12)13(11-14)4-2-6-16-8-5-13/h3,7,10H,2,4-6,8-9,11,14H2,1H3. The fourth-order valence-corrected chi connectivity index (χ4v) is 2.56. The second-order valence-electron chi connectivity index (χ2n) is 4.88. The molecule has 0 radical (unpaired) electrons. The molecule has 1 aromatic heterocycles. The predicted octanol–water partition coefficient (Wildman–Crippen LogP) is 1.61. The van der Waals surface area contributed by atoms with Gasteiger partial charge in [-0.15, -0.1) is 0 Å². The van der Waals surface area contributed by atoms with Crippen molar-refractivity contribution in [1.82, 2.24) is 4.90 Å². The van der Waals surface area contributed by atoms with Gasteiger partial charge in [0.2, 0.25) is 0 Å². The van der Waals surface area contributed by atoms with E-state index in [-0.39, 0.29) is 5.54 Å². The highest BCUT2D eigenvalue weighted by molar-refractivity contribution is 5.06. The molecule has 1 saturated heterocycles. The third-order valence-corrected chi connectivity index (χ3v) is 3.83. The van der Waals surface area contributed by atoms with E-state index in [0.29, 0.717) is 6.54 Å². The molecular formula is C13H22N2O2. The van der Waals surface area contributed by atoms with Crippen molar-refractivity contribution in [2.45, 2.75) is 31.3 Å². The first kappa shape index (κ1) is 12.6. The second-order valence-corrected chi connectivity index (χ2v) is 4.88. The molecule has 1 aliphatic rings. The lowest BCUT2D eigenvalue weighted by Crippen LogP contribution is -2.51. The van der Waals surface area contributed by atoms with E-state index in [9.17, 15) is 0 Å². The van der Waals surface area contributed by atoms with Gasteiger partial charge in [0.15, 0.2) is 0 Å². The first-order chi connectivity index (χ1) is 8.27. The molecule has 0 bridgehead atoms. The Morgan fingerprint density at radius 1 is 1.41 bits per heavy atom. The van der Waals surface area contributed by atoms with Gasteiger partial charge in [-0.05, 0) is 32.4 Å². The molecule has 4 nitrogen and oxygen atoms in total. The molecule has 1 aromatic rings. The molecule has 2 heterocycles. The van der Waals surface area contributed by atoms with E-state index in [1.54, 1.807) is 12.5 Å². The van der Waals surface area contributed by atoms with Crippen LogP contribution in [0.2, 0.25) is 0 Å². The number of hydrogen-bond donors (Lipinski definition) is 1. The fourth-order valence-electron chi connectivity index (χ4n) is 2.56. The topological polar surface area (TPSA) is 51.6 Å². The van der Waals surface area contributed by atoms with Gasteiger partial charge in [-0.1, -0.05) is 0 Å². The minimum absolute atomic E-state index is 0.0772. The number of furan rings is 1. The number of hydrogen-bond acceptors (Lipinski definition) is 4. The van der Waals surface area contributed by atoms with Gasteiger partial charge in [-0.25, -0.2) is 0 Å². The first-order valence-corrected chi connectivity index (χ1v) is 6.27. The second kappa shape index (κ2) is 5.67. The molecule has 4 heteroatoms. The van der Waals surface area contributed by atoms with Crippen LogP contribution in [0.25, 0.3) is 0 Å². The summed E-state index contributed by atoms with van der Waals surface area (Å²) in [5.41, 5.74) is 7.29. The molecular weight excluding hydrogens is 216 g/mol. The first-order valence-electron chi connectivity index (χ1n) is 6.27. The summed E-state index contributed by atoms with van der Waals surface area (Å²) in [6.45, 7) is 3.24. The summed E-state index contributed by atoms with van der Waals surface area (Å²) in [6, 6.07) is 2.01. The number of rotatable bonds is 4. The Kier molecular flexibility index (Phi) is 4.20. The lowest BCUT2D eigenvalue weighted by atomic mass is 9.88. The molecule has 0 spiro atoms. The third kappa shape index (κ3) is 2.89. The summed E-state index contributed by atoms with van der Waals surface area (Å²) in [7, 11) is 2.14. The molecule has 2 N–H and O–H groups in total. The highest BCUT2D eigenvalue weighted by Crippen LogP contribution is 2.27. The van der Waals surface area contributed by atoms with E-state index >= 15 is 0 Å².